The highest BCUT2D eigenvalue weighted by atomic mass is 79.9. The highest BCUT2D eigenvalue weighted by molar-refractivity contribution is 9.10. The van der Waals surface area contributed by atoms with Crippen LogP contribution < -0.4 is 14.9 Å². The molecule has 0 radical (unpaired) electrons. The van der Waals surface area contributed by atoms with Crippen LogP contribution in [0.25, 0.3) is 0 Å². The standard InChI is InChI=1S/C18H17BrN2O3/c1-3-9-24-17-8-7-13(10-16(17)19)12-20-21-18(22)14-5-4-6-15(11-14)23-2/h3-8,10-12H,1,9H2,2H3,(H,21,22)/b20-12-. The predicted molar refractivity (Wildman–Crippen MR) is 97.9 cm³/mol. The highest BCUT2D eigenvalue weighted by Gasteiger charge is 2.05. The number of hydrazone groups is 1. The summed E-state index contributed by atoms with van der Waals surface area (Å²) in [5.41, 5.74) is 3.77. The Labute approximate surface area is 149 Å². The van der Waals surface area contributed by atoms with Crippen molar-refractivity contribution in [3.8, 4) is 11.5 Å². The summed E-state index contributed by atoms with van der Waals surface area (Å²) in [6.07, 6.45) is 3.23. The maximum atomic E-state index is 12.0. The number of ether oxygens (including phenoxy) is 2. The number of benzene rings is 2. The Morgan fingerprint density at radius 3 is 2.88 bits per heavy atom. The zero-order valence-electron chi connectivity index (χ0n) is 13.2. The van der Waals surface area contributed by atoms with Gasteiger partial charge in [0.1, 0.15) is 18.1 Å². The van der Waals surface area contributed by atoms with Crippen LogP contribution in [0.15, 0.2) is 64.7 Å². The van der Waals surface area contributed by atoms with E-state index in [4.69, 9.17) is 9.47 Å². The van der Waals surface area contributed by atoms with Crippen LogP contribution in [0.5, 0.6) is 11.5 Å². The summed E-state index contributed by atoms with van der Waals surface area (Å²) in [6.45, 7) is 4.04. The lowest BCUT2D eigenvalue weighted by molar-refractivity contribution is 0.0955. The van der Waals surface area contributed by atoms with Crippen molar-refractivity contribution in [2.24, 2.45) is 5.10 Å². The van der Waals surface area contributed by atoms with E-state index in [1.54, 1.807) is 43.7 Å². The van der Waals surface area contributed by atoms with E-state index in [2.05, 4.69) is 33.0 Å². The summed E-state index contributed by atoms with van der Waals surface area (Å²) in [6, 6.07) is 12.4. The lowest BCUT2D eigenvalue weighted by Gasteiger charge is -2.06. The van der Waals surface area contributed by atoms with Crippen LogP contribution in [0.1, 0.15) is 15.9 Å². The molecule has 0 saturated heterocycles. The van der Waals surface area contributed by atoms with E-state index in [1.807, 2.05) is 18.2 Å². The van der Waals surface area contributed by atoms with Gasteiger partial charge in [-0.1, -0.05) is 18.7 Å². The second kappa shape index (κ2) is 8.88. The number of halogens is 1. The van der Waals surface area contributed by atoms with Gasteiger partial charge in [-0.15, -0.1) is 0 Å². The van der Waals surface area contributed by atoms with Gasteiger partial charge in [-0.25, -0.2) is 5.43 Å². The van der Waals surface area contributed by atoms with Crippen molar-refractivity contribution in [2.75, 3.05) is 13.7 Å². The van der Waals surface area contributed by atoms with Gasteiger partial charge in [0.05, 0.1) is 17.8 Å². The molecule has 0 aliphatic carbocycles. The van der Waals surface area contributed by atoms with E-state index in [-0.39, 0.29) is 5.91 Å². The topological polar surface area (TPSA) is 59.9 Å². The van der Waals surface area contributed by atoms with Gasteiger partial charge < -0.3 is 9.47 Å². The van der Waals surface area contributed by atoms with Gasteiger partial charge in [0.2, 0.25) is 0 Å². The van der Waals surface area contributed by atoms with Crippen molar-refractivity contribution in [1.29, 1.82) is 0 Å². The van der Waals surface area contributed by atoms with Crippen molar-refractivity contribution in [2.45, 2.75) is 0 Å². The van der Waals surface area contributed by atoms with Gasteiger partial charge in [0.15, 0.2) is 0 Å². The largest absolute Gasteiger partial charge is 0.497 e. The van der Waals surface area contributed by atoms with Gasteiger partial charge in [0.25, 0.3) is 5.91 Å². The molecule has 6 heteroatoms. The first-order chi connectivity index (χ1) is 11.6. The third-order valence-corrected chi connectivity index (χ3v) is 3.64. The number of carbonyl (C=O) groups is 1. The van der Waals surface area contributed by atoms with Gasteiger partial charge in [-0.3, -0.25) is 4.79 Å². The second-order valence-corrected chi connectivity index (χ2v) is 5.57. The third kappa shape index (κ3) is 4.96. The first-order valence-electron chi connectivity index (χ1n) is 7.14. The van der Waals surface area contributed by atoms with Crippen molar-refractivity contribution in [3.63, 3.8) is 0 Å². The van der Waals surface area contributed by atoms with E-state index >= 15 is 0 Å². The Hall–Kier alpha value is -2.60. The number of amides is 1. The molecule has 0 bridgehead atoms. The molecule has 1 amide bonds. The molecule has 24 heavy (non-hydrogen) atoms. The van der Waals surface area contributed by atoms with Crippen LogP contribution in [0.2, 0.25) is 0 Å². The summed E-state index contributed by atoms with van der Waals surface area (Å²) in [4.78, 5) is 12.0. The number of rotatable bonds is 7. The summed E-state index contributed by atoms with van der Waals surface area (Å²) >= 11 is 3.43. The molecule has 0 unspecified atom stereocenters. The average Bonchev–Trinajstić information content (AvgIpc) is 2.61. The Kier molecular flexibility index (Phi) is 6.57. The minimum absolute atomic E-state index is 0.310. The second-order valence-electron chi connectivity index (χ2n) is 4.72. The number of hydrogen-bond donors (Lipinski definition) is 1. The molecular weight excluding hydrogens is 372 g/mol. The lowest BCUT2D eigenvalue weighted by atomic mass is 10.2. The molecule has 0 heterocycles. The van der Waals surface area contributed by atoms with Crippen molar-refractivity contribution >= 4 is 28.1 Å². The Morgan fingerprint density at radius 1 is 1.33 bits per heavy atom. The summed E-state index contributed by atoms with van der Waals surface area (Å²) in [5.74, 6) is 1.02. The van der Waals surface area contributed by atoms with Gasteiger partial charge in [0, 0.05) is 5.56 Å². The molecule has 5 nitrogen and oxygen atoms in total. The van der Waals surface area contributed by atoms with Crippen molar-refractivity contribution < 1.29 is 14.3 Å². The molecule has 0 saturated carbocycles. The normalized spacial score (nSPS) is 10.4. The SMILES string of the molecule is C=CCOc1ccc(/C=N\NC(=O)c2cccc(OC)c2)cc1Br. The molecule has 0 atom stereocenters. The van der Waals surface area contributed by atoms with E-state index < -0.39 is 0 Å². The maximum Gasteiger partial charge on any atom is 0.271 e. The number of carbonyl (C=O) groups excluding carboxylic acids is 1. The van der Waals surface area contributed by atoms with Crippen LogP contribution in [-0.4, -0.2) is 25.8 Å². The third-order valence-electron chi connectivity index (χ3n) is 3.02. The molecule has 124 valence electrons. The van der Waals surface area contributed by atoms with E-state index in [0.717, 1.165) is 10.0 Å². The monoisotopic (exact) mass is 388 g/mol. The molecule has 2 aromatic rings. The van der Waals surface area contributed by atoms with E-state index in [9.17, 15) is 4.79 Å². The molecule has 2 aromatic carbocycles. The van der Waals surface area contributed by atoms with Crippen LogP contribution in [0.4, 0.5) is 0 Å². The summed E-state index contributed by atoms with van der Waals surface area (Å²) in [7, 11) is 1.55. The Morgan fingerprint density at radius 2 is 2.17 bits per heavy atom. The number of hydrogen-bond acceptors (Lipinski definition) is 4. The average molecular weight is 389 g/mol. The summed E-state index contributed by atoms with van der Waals surface area (Å²) in [5, 5.41) is 3.96. The molecule has 2 rings (SSSR count). The minimum atomic E-state index is -0.310. The fraction of sp³-hybridized carbons (Fsp3) is 0.111. The number of nitrogens with zero attached hydrogens (tertiary/aromatic N) is 1. The smallest absolute Gasteiger partial charge is 0.271 e. The molecule has 1 N–H and O–H groups in total. The molecule has 0 aliphatic heterocycles. The molecule has 0 aliphatic rings. The fourth-order valence-electron chi connectivity index (χ4n) is 1.86. The predicted octanol–water partition coefficient (Wildman–Crippen LogP) is 3.79. The first-order valence-corrected chi connectivity index (χ1v) is 7.94. The Bertz CT molecular complexity index is 760. The zero-order chi connectivity index (χ0) is 17.4. The van der Waals surface area contributed by atoms with Gasteiger partial charge in [-0.05, 0) is 57.9 Å². The van der Waals surface area contributed by atoms with Gasteiger partial charge in [-0.2, -0.15) is 5.10 Å². The molecule has 0 aromatic heterocycles. The van der Waals surface area contributed by atoms with E-state index in [1.165, 1.54) is 0 Å². The quantitative estimate of drug-likeness (QED) is 0.445. The van der Waals surface area contributed by atoms with Crippen LogP contribution in [0, 0.1) is 0 Å². The number of methoxy groups -OCH3 is 1. The lowest BCUT2D eigenvalue weighted by Crippen LogP contribution is -2.17. The zero-order valence-corrected chi connectivity index (χ0v) is 14.7. The van der Waals surface area contributed by atoms with Crippen molar-refractivity contribution in [3.05, 3.63) is 70.7 Å². The molecule has 0 spiro atoms. The van der Waals surface area contributed by atoms with Crippen LogP contribution >= 0.6 is 15.9 Å². The van der Waals surface area contributed by atoms with E-state index in [0.29, 0.717) is 23.7 Å². The van der Waals surface area contributed by atoms with Crippen LogP contribution in [-0.2, 0) is 0 Å². The van der Waals surface area contributed by atoms with Crippen LogP contribution in [0.3, 0.4) is 0 Å². The fourth-order valence-corrected chi connectivity index (χ4v) is 2.37. The molecular formula is C18H17BrN2O3. The summed E-state index contributed by atoms with van der Waals surface area (Å²) < 4.78 is 11.4. The van der Waals surface area contributed by atoms with Gasteiger partial charge >= 0.3 is 0 Å². The first kappa shape index (κ1) is 17.7. The molecule has 0 fully saturated rings. The highest BCUT2D eigenvalue weighted by Crippen LogP contribution is 2.25. The Balaban J connectivity index is 1.99. The van der Waals surface area contributed by atoms with Crippen molar-refractivity contribution in [1.82, 2.24) is 5.43 Å². The minimum Gasteiger partial charge on any atom is -0.497 e. The maximum absolute atomic E-state index is 12.0. The number of nitrogens with one attached hydrogen (secondary N) is 1.